The minimum atomic E-state index is -0.422. The van der Waals surface area contributed by atoms with Crippen molar-refractivity contribution in [2.75, 3.05) is 13.2 Å². The molecule has 0 spiro atoms. The molecule has 1 saturated carbocycles. The summed E-state index contributed by atoms with van der Waals surface area (Å²) in [5, 5.41) is 15.6. The van der Waals surface area contributed by atoms with Gasteiger partial charge in [0.1, 0.15) is 11.9 Å². The Morgan fingerprint density at radius 1 is 1.07 bits per heavy atom. The van der Waals surface area contributed by atoms with E-state index in [1.54, 1.807) is 0 Å². The van der Waals surface area contributed by atoms with E-state index < -0.39 is 6.10 Å². The van der Waals surface area contributed by atoms with Crippen LogP contribution in [-0.4, -0.2) is 48.3 Å². The summed E-state index contributed by atoms with van der Waals surface area (Å²) >= 11 is 0. The molecule has 0 aromatic heterocycles. The predicted octanol–water partition coefficient (Wildman–Crippen LogP) is 2.55. The lowest BCUT2D eigenvalue weighted by atomic mass is 9.88. The van der Waals surface area contributed by atoms with Crippen molar-refractivity contribution in [3.8, 4) is 0 Å². The molecule has 1 aromatic rings. The van der Waals surface area contributed by atoms with Crippen LogP contribution in [0.4, 0.5) is 4.39 Å². The van der Waals surface area contributed by atoms with E-state index in [2.05, 4.69) is 10.6 Å². The van der Waals surface area contributed by atoms with Crippen molar-refractivity contribution in [1.29, 1.82) is 0 Å². The van der Waals surface area contributed by atoms with Gasteiger partial charge in [-0.05, 0) is 56.4 Å². The molecular formula is C22H31FN2O4. The molecule has 0 radical (unpaired) electrons. The number of hydrogen-bond donors (Lipinski definition) is 3. The van der Waals surface area contributed by atoms with Crippen LogP contribution in [0.5, 0.6) is 0 Å². The lowest BCUT2D eigenvalue weighted by Gasteiger charge is -2.37. The molecule has 1 saturated heterocycles. The van der Waals surface area contributed by atoms with Crippen molar-refractivity contribution in [2.24, 2.45) is 5.92 Å². The van der Waals surface area contributed by atoms with Crippen LogP contribution in [0.3, 0.4) is 0 Å². The molecule has 3 rings (SSSR count). The second-order valence-electron chi connectivity index (χ2n) is 8.06. The van der Waals surface area contributed by atoms with Crippen LogP contribution in [0, 0.1) is 11.7 Å². The molecule has 1 aliphatic heterocycles. The summed E-state index contributed by atoms with van der Waals surface area (Å²) in [7, 11) is 0. The fraction of sp³-hybridized carbons (Fsp3) is 0.636. The van der Waals surface area contributed by atoms with E-state index in [1.807, 2.05) is 0 Å². The van der Waals surface area contributed by atoms with Gasteiger partial charge in [-0.15, -0.1) is 0 Å². The predicted molar refractivity (Wildman–Crippen MR) is 107 cm³/mol. The summed E-state index contributed by atoms with van der Waals surface area (Å²) in [5.41, 5.74) is 0.412. The van der Waals surface area contributed by atoms with Crippen molar-refractivity contribution in [2.45, 2.75) is 69.6 Å². The van der Waals surface area contributed by atoms with Crippen LogP contribution in [0.15, 0.2) is 24.3 Å². The van der Waals surface area contributed by atoms with Crippen LogP contribution >= 0.6 is 0 Å². The number of aliphatic hydroxyl groups is 1. The molecule has 3 N–H and O–H groups in total. The topological polar surface area (TPSA) is 87.7 Å². The molecule has 3 atom stereocenters. The molecule has 1 heterocycles. The van der Waals surface area contributed by atoms with Gasteiger partial charge in [-0.3, -0.25) is 9.59 Å². The van der Waals surface area contributed by atoms with Gasteiger partial charge in [0.25, 0.3) is 5.91 Å². The van der Waals surface area contributed by atoms with Gasteiger partial charge in [-0.2, -0.15) is 0 Å². The maximum atomic E-state index is 12.9. The van der Waals surface area contributed by atoms with Gasteiger partial charge < -0.3 is 20.5 Å². The maximum Gasteiger partial charge on any atom is 0.251 e. The average molecular weight is 406 g/mol. The van der Waals surface area contributed by atoms with Crippen molar-refractivity contribution in [3.05, 3.63) is 35.6 Å². The maximum absolute atomic E-state index is 12.9. The van der Waals surface area contributed by atoms with Crippen LogP contribution in [0.25, 0.3) is 0 Å². The first-order valence-electron chi connectivity index (χ1n) is 10.7. The van der Waals surface area contributed by atoms with Crippen LogP contribution in [-0.2, 0) is 9.53 Å². The van der Waals surface area contributed by atoms with E-state index in [1.165, 1.54) is 30.7 Å². The SMILES string of the molecule is O=C(NCC[C@H]1CC[C@@H](NC(=O)C2CCCCC2)[C@@H](CO)O1)c1ccc(F)cc1. The lowest BCUT2D eigenvalue weighted by Crippen LogP contribution is -2.52. The smallest absolute Gasteiger partial charge is 0.251 e. The number of amides is 2. The highest BCUT2D eigenvalue weighted by atomic mass is 19.1. The molecule has 0 bridgehead atoms. The fourth-order valence-electron chi connectivity index (χ4n) is 4.22. The summed E-state index contributed by atoms with van der Waals surface area (Å²) in [4.78, 5) is 24.6. The van der Waals surface area contributed by atoms with Crippen molar-refractivity contribution >= 4 is 11.8 Å². The first kappa shape index (κ1) is 21.7. The number of halogens is 1. The molecule has 2 fully saturated rings. The molecule has 7 heteroatoms. The van der Waals surface area contributed by atoms with E-state index in [0.29, 0.717) is 18.5 Å². The van der Waals surface area contributed by atoms with Gasteiger partial charge >= 0.3 is 0 Å². The van der Waals surface area contributed by atoms with E-state index in [-0.39, 0.29) is 42.3 Å². The van der Waals surface area contributed by atoms with Gasteiger partial charge in [0.15, 0.2) is 0 Å². The molecule has 1 aromatic carbocycles. The van der Waals surface area contributed by atoms with Crippen molar-refractivity contribution in [3.63, 3.8) is 0 Å². The molecule has 2 amide bonds. The third-order valence-corrected chi connectivity index (χ3v) is 5.96. The highest BCUT2D eigenvalue weighted by molar-refractivity contribution is 5.94. The summed E-state index contributed by atoms with van der Waals surface area (Å²) in [6, 6.07) is 5.24. The monoisotopic (exact) mass is 406 g/mol. The minimum absolute atomic E-state index is 0.0801. The molecule has 0 unspecified atom stereocenters. The van der Waals surface area contributed by atoms with Gasteiger partial charge in [0.2, 0.25) is 5.91 Å². The molecule has 2 aliphatic rings. The van der Waals surface area contributed by atoms with E-state index in [4.69, 9.17) is 4.74 Å². The third kappa shape index (κ3) is 6.24. The normalized spacial score (nSPS) is 25.4. The molecule has 6 nitrogen and oxygen atoms in total. The minimum Gasteiger partial charge on any atom is -0.394 e. The quantitative estimate of drug-likeness (QED) is 0.649. The molecular weight excluding hydrogens is 375 g/mol. The number of rotatable bonds is 7. The van der Waals surface area contributed by atoms with Crippen LogP contribution < -0.4 is 10.6 Å². The Kier molecular flexibility index (Phi) is 8.00. The second-order valence-corrected chi connectivity index (χ2v) is 8.06. The number of carbonyl (C=O) groups is 2. The Morgan fingerprint density at radius 3 is 2.48 bits per heavy atom. The Labute approximate surface area is 171 Å². The number of carbonyl (C=O) groups excluding carboxylic acids is 2. The van der Waals surface area contributed by atoms with Crippen LogP contribution in [0.1, 0.15) is 61.7 Å². The Hall–Kier alpha value is -1.99. The zero-order valence-electron chi connectivity index (χ0n) is 16.7. The van der Waals surface area contributed by atoms with E-state index in [0.717, 1.165) is 38.5 Å². The highest BCUT2D eigenvalue weighted by Gasteiger charge is 2.33. The number of benzene rings is 1. The number of hydrogen-bond acceptors (Lipinski definition) is 4. The van der Waals surface area contributed by atoms with Crippen molar-refractivity contribution in [1.82, 2.24) is 10.6 Å². The standard InChI is InChI=1S/C22H31FN2O4/c23-17-8-6-16(7-9-17)21(27)24-13-12-18-10-11-19(20(14-26)29-18)25-22(28)15-4-2-1-3-5-15/h6-9,15,18-20,26H,1-5,10-14H2,(H,24,27)(H,25,28)/t18-,19-,20-/m1/s1. The molecule has 29 heavy (non-hydrogen) atoms. The van der Waals surface area contributed by atoms with Gasteiger partial charge in [0.05, 0.1) is 18.8 Å². The number of ether oxygens (including phenoxy) is 1. The molecule has 1 aliphatic carbocycles. The van der Waals surface area contributed by atoms with Crippen molar-refractivity contribution < 1.29 is 23.8 Å². The zero-order chi connectivity index (χ0) is 20.6. The van der Waals surface area contributed by atoms with Crippen LogP contribution in [0.2, 0.25) is 0 Å². The summed E-state index contributed by atoms with van der Waals surface area (Å²) in [5.74, 6) is -0.460. The van der Waals surface area contributed by atoms with E-state index in [9.17, 15) is 19.1 Å². The Balaban J connectivity index is 1.41. The Bertz CT molecular complexity index is 676. The average Bonchev–Trinajstić information content (AvgIpc) is 2.75. The highest BCUT2D eigenvalue weighted by Crippen LogP contribution is 2.26. The number of nitrogens with one attached hydrogen (secondary N) is 2. The fourth-order valence-corrected chi connectivity index (χ4v) is 4.22. The first-order valence-corrected chi connectivity index (χ1v) is 10.7. The zero-order valence-corrected chi connectivity index (χ0v) is 16.7. The largest absolute Gasteiger partial charge is 0.394 e. The first-order chi connectivity index (χ1) is 14.1. The van der Waals surface area contributed by atoms with Gasteiger partial charge in [-0.1, -0.05) is 19.3 Å². The number of aliphatic hydroxyl groups excluding tert-OH is 1. The van der Waals surface area contributed by atoms with Gasteiger partial charge in [-0.25, -0.2) is 4.39 Å². The second kappa shape index (κ2) is 10.7. The Morgan fingerprint density at radius 2 is 1.79 bits per heavy atom. The summed E-state index contributed by atoms with van der Waals surface area (Å²) in [6.07, 6.45) is 6.93. The lowest BCUT2D eigenvalue weighted by molar-refractivity contribution is -0.132. The summed E-state index contributed by atoms with van der Waals surface area (Å²) in [6.45, 7) is 0.284. The van der Waals surface area contributed by atoms with Gasteiger partial charge in [0, 0.05) is 18.0 Å². The third-order valence-electron chi connectivity index (χ3n) is 5.96. The summed E-state index contributed by atoms with van der Waals surface area (Å²) < 4.78 is 18.9. The van der Waals surface area contributed by atoms with E-state index >= 15 is 0 Å². The molecule has 160 valence electrons.